The van der Waals surface area contributed by atoms with Crippen LogP contribution in [0, 0.1) is 0 Å². The predicted molar refractivity (Wildman–Crippen MR) is 109 cm³/mol. The van der Waals surface area contributed by atoms with Gasteiger partial charge in [0, 0.05) is 63.6 Å². The van der Waals surface area contributed by atoms with Crippen molar-refractivity contribution in [2.45, 2.75) is 6.42 Å². The van der Waals surface area contributed by atoms with Gasteiger partial charge in [-0.15, -0.1) is 0 Å². The van der Waals surface area contributed by atoms with Crippen LogP contribution in [0.25, 0.3) is 27.9 Å². The van der Waals surface area contributed by atoms with Crippen molar-refractivity contribution in [2.75, 3.05) is 6.54 Å². The van der Waals surface area contributed by atoms with Crippen molar-refractivity contribution in [3.63, 3.8) is 0 Å². The van der Waals surface area contributed by atoms with Crippen LogP contribution in [0.1, 0.15) is 31.8 Å². The van der Waals surface area contributed by atoms with Crippen molar-refractivity contribution in [3.05, 3.63) is 77.2 Å². The van der Waals surface area contributed by atoms with Gasteiger partial charge in [-0.2, -0.15) is 0 Å². The Bertz CT molecular complexity index is 1260. The quantitative estimate of drug-likeness (QED) is 0.382. The van der Waals surface area contributed by atoms with Crippen LogP contribution in [-0.2, 0) is 6.42 Å². The number of nitrogens with one attached hydrogen (secondary N) is 4. The number of hydrogen-bond acceptors (Lipinski definition) is 2. The van der Waals surface area contributed by atoms with Gasteiger partial charge in [-0.25, -0.2) is 0 Å². The summed E-state index contributed by atoms with van der Waals surface area (Å²) in [5.74, 6) is -0.0147. The van der Waals surface area contributed by atoms with E-state index in [0.29, 0.717) is 0 Å². The van der Waals surface area contributed by atoms with E-state index in [9.17, 15) is 9.59 Å². The Labute approximate surface area is 160 Å². The van der Waals surface area contributed by atoms with Gasteiger partial charge in [0.2, 0.25) is 0 Å². The third kappa shape index (κ3) is 2.58. The Morgan fingerprint density at radius 2 is 1.50 bits per heavy atom. The lowest BCUT2D eigenvalue weighted by Crippen LogP contribution is -2.23. The fraction of sp³-hybridized carbons (Fsp3) is 0.0909. The van der Waals surface area contributed by atoms with Crippen molar-refractivity contribution < 1.29 is 9.59 Å². The Kier molecular flexibility index (Phi) is 3.76. The summed E-state index contributed by atoms with van der Waals surface area (Å²) in [5, 5.41) is 7.67. The van der Waals surface area contributed by atoms with E-state index in [4.69, 9.17) is 0 Å². The lowest BCUT2D eigenvalue weighted by atomic mass is 10.1. The second-order valence-electron chi connectivity index (χ2n) is 6.83. The third-order valence-corrected chi connectivity index (χ3v) is 5.17. The first kappa shape index (κ1) is 16.4. The van der Waals surface area contributed by atoms with Crippen LogP contribution in [0.2, 0.25) is 0 Å². The first-order valence-electron chi connectivity index (χ1n) is 9.17. The van der Waals surface area contributed by atoms with Crippen molar-refractivity contribution >= 4 is 39.7 Å². The third-order valence-electron chi connectivity index (χ3n) is 5.17. The van der Waals surface area contributed by atoms with Gasteiger partial charge < -0.3 is 20.6 Å². The SMILES string of the molecule is O=C1NC=Cc2c[nH]c3cccc1c23.O=C1NCCc2c[nH]c3cccc1c23. The molecule has 28 heavy (non-hydrogen) atoms. The molecule has 0 atom stereocenters. The van der Waals surface area contributed by atoms with Crippen LogP contribution in [0.5, 0.6) is 0 Å². The molecule has 2 aromatic heterocycles. The van der Waals surface area contributed by atoms with E-state index in [-0.39, 0.29) is 11.8 Å². The van der Waals surface area contributed by atoms with Gasteiger partial charge in [-0.05, 0) is 42.3 Å². The molecule has 0 radical (unpaired) electrons. The highest BCUT2D eigenvalue weighted by atomic mass is 16.2. The molecule has 0 fully saturated rings. The van der Waals surface area contributed by atoms with Gasteiger partial charge >= 0.3 is 0 Å². The molecule has 4 N–H and O–H groups in total. The molecule has 2 aromatic carbocycles. The maximum absolute atomic E-state index is 11.7. The number of aromatic nitrogens is 2. The van der Waals surface area contributed by atoms with Gasteiger partial charge in [0.25, 0.3) is 11.8 Å². The predicted octanol–water partition coefficient (Wildman–Crippen LogP) is 3.34. The molecule has 6 heteroatoms. The molecule has 6 nitrogen and oxygen atoms in total. The second kappa shape index (κ2) is 6.42. The highest BCUT2D eigenvalue weighted by Gasteiger charge is 2.17. The maximum Gasteiger partial charge on any atom is 0.255 e. The summed E-state index contributed by atoms with van der Waals surface area (Å²) in [4.78, 5) is 29.6. The van der Waals surface area contributed by atoms with Crippen LogP contribution < -0.4 is 10.6 Å². The Hall–Kier alpha value is -3.80. The van der Waals surface area contributed by atoms with E-state index >= 15 is 0 Å². The first-order valence-corrected chi connectivity index (χ1v) is 9.17. The lowest BCUT2D eigenvalue weighted by Gasteiger charge is -2.00. The maximum atomic E-state index is 11.7. The van der Waals surface area contributed by atoms with Crippen LogP contribution >= 0.6 is 0 Å². The normalized spacial score (nSPS) is 14.7. The number of amides is 2. The molecule has 0 spiro atoms. The molecule has 138 valence electrons. The average molecular weight is 370 g/mol. The van der Waals surface area contributed by atoms with Crippen LogP contribution in [0.4, 0.5) is 0 Å². The number of hydrogen-bond donors (Lipinski definition) is 4. The zero-order valence-electron chi connectivity index (χ0n) is 15.0. The molecule has 0 saturated heterocycles. The van der Waals surface area contributed by atoms with Crippen molar-refractivity contribution in [1.29, 1.82) is 0 Å². The summed E-state index contributed by atoms with van der Waals surface area (Å²) in [6, 6.07) is 11.5. The van der Waals surface area contributed by atoms with E-state index in [0.717, 1.165) is 51.5 Å². The fourth-order valence-electron chi connectivity index (χ4n) is 3.86. The summed E-state index contributed by atoms with van der Waals surface area (Å²) < 4.78 is 0. The summed E-state index contributed by atoms with van der Waals surface area (Å²) in [6.45, 7) is 0.723. The number of rotatable bonds is 0. The monoisotopic (exact) mass is 370 g/mol. The highest BCUT2D eigenvalue weighted by molar-refractivity contribution is 6.11. The summed E-state index contributed by atoms with van der Waals surface area (Å²) >= 11 is 0. The van der Waals surface area contributed by atoms with Crippen LogP contribution in [0.3, 0.4) is 0 Å². The van der Waals surface area contributed by atoms with Gasteiger partial charge in [-0.3, -0.25) is 9.59 Å². The molecule has 4 heterocycles. The number of carbonyl (C=O) groups is 2. The molecule has 2 aliphatic rings. The second-order valence-corrected chi connectivity index (χ2v) is 6.83. The Morgan fingerprint density at radius 3 is 2.32 bits per heavy atom. The van der Waals surface area contributed by atoms with Crippen molar-refractivity contribution in [1.82, 2.24) is 20.6 Å². The molecule has 0 aliphatic carbocycles. The Balaban J connectivity index is 0.000000122. The Morgan fingerprint density at radius 1 is 0.786 bits per heavy atom. The van der Waals surface area contributed by atoms with Gasteiger partial charge in [-0.1, -0.05) is 12.1 Å². The van der Waals surface area contributed by atoms with E-state index in [1.165, 1.54) is 5.56 Å². The van der Waals surface area contributed by atoms with Crippen LogP contribution in [0.15, 0.2) is 55.0 Å². The lowest BCUT2D eigenvalue weighted by molar-refractivity contribution is 0.0953. The fourth-order valence-corrected chi connectivity index (χ4v) is 3.86. The molecular formula is C22H18N4O2. The minimum absolute atomic E-state index is 0.0361. The number of H-pyrrole nitrogens is 2. The molecule has 2 amide bonds. The average Bonchev–Trinajstić information content (AvgIpc) is 3.23. The van der Waals surface area contributed by atoms with Crippen LogP contribution in [-0.4, -0.2) is 28.3 Å². The molecule has 6 rings (SSSR count). The summed E-state index contributed by atoms with van der Waals surface area (Å²) in [5.41, 5.74) is 5.84. The first-order chi connectivity index (χ1) is 13.7. The number of aromatic amines is 2. The molecule has 0 unspecified atom stereocenters. The summed E-state index contributed by atoms with van der Waals surface area (Å²) in [6.07, 6.45) is 8.38. The van der Waals surface area contributed by atoms with Gasteiger partial charge in [0.1, 0.15) is 0 Å². The van der Waals surface area contributed by atoms with Crippen molar-refractivity contribution in [3.8, 4) is 0 Å². The number of carbonyl (C=O) groups excluding carboxylic acids is 2. The van der Waals surface area contributed by atoms with E-state index in [1.54, 1.807) is 6.20 Å². The zero-order valence-corrected chi connectivity index (χ0v) is 15.0. The van der Waals surface area contributed by atoms with Gasteiger partial charge in [0.15, 0.2) is 0 Å². The minimum atomic E-state index is -0.0507. The van der Waals surface area contributed by atoms with Gasteiger partial charge in [0.05, 0.1) is 0 Å². The molecule has 0 saturated carbocycles. The van der Waals surface area contributed by atoms with Crippen molar-refractivity contribution in [2.24, 2.45) is 0 Å². The largest absolute Gasteiger partial charge is 0.361 e. The highest BCUT2D eigenvalue weighted by Crippen LogP contribution is 2.25. The standard InChI is InChI=1S/C11H10N2O.C11H8N2O/c2*14-11-8-2-1-3-9-10(8)7(6-13-9)4-5-12-11/h1-3,6,13H,4-5H2,(H,12,14);1-6,13H,(H,12,14). The van der Waals surface area contributed by atoms with E-state index in [1.807, 2.05) is 54.9 Å². The molecular weight excluding hydrogens is 352 g/mol. The van der Waals surface area contributed by atoms with E-state index in [2.05, 4.69) is 20.6 Å². The molecule has 0 bridgehead atoms. The zero-order chi connectivity index (χ0) is 19.1. The summed E-state index contributed by atoms with van der Waals surface area (Å²) in [7, 11) is 0. The molecule has 2 aliphatic heterocycles. The topological polar surface area (TPSA) is 89.8 Å². The number of benzene rings is 2. The minimum Gasteiger partial charge on any atom is -0.361 e. The molecule has 4 aromatic rings. The van der Waals surface area contributed by atoms with E-state index < -0.39 is 0 Å². The smallest absolute Gasteiger partial charge is 0.255 e.